The number of ether oxygens (including phenoxy) is 2. The largest absolute Gasteiger partial charge is 0.496 e. The van der Waals surface area contributed by atoms with Crippen molar-refractivity contribution in [3.05, 3.63) is 23.8 Å². The number of amides is 1. The maximum absolute atomic E-state index is 11.8. The lowest BCUT2D eigenvalue weighted by molar-refractivity contribution is -0.122. The summed E-state index contributed by atoms with van der Waals surface area (Å²) in [7, 11) is 1.43. The highest BCUT2D eigenvalue weighted by atomic mass is 16.5. The summed E-state index contributed by atoms with van der Waals surface area (Å²) in [6.45, 7) is 1.48. The summed E-state index contributed by atoms with van der Waals surface area (Å²) in [5, 5.41) is 0. The third kappa shape index (κ3) is 3.13. The average Bonchev–Trinajstić information content (AvgIpc) is 2.34. The average molecular weight is 252 g/mol. The van der Waals surface area contributed by atoms with Crippen LogP contribution in [-0.2, 0) is 9.53 Å². The number of esters is 1. The molecule has 0 spiro atoms. The van der Waals surface area contributed by atoms with Gasteiger partial charge in [-0.1, -0.05) is 13.0 Å². The summed E-state index contributed by atoms with van der Waals surface area (Å²) in [5.41, 5.74) is 11.2. The lowest BCUT2D eigenvalue weighted by atomic mass is 10.1. The molecule has 6 heteroatoms. The fourth-order valence-electron chi connectivity index (χ4n) is 1.29. The van der Waals surface area contributed by atoms with Gasteiger partial charge in [0.15, 0.2) is 0 Å². The molecule has 1 aromatic rings. The van der Waals surface area contributed by atoms with Gasteiger partial charge < -0.3 is 20.9 Å². The number of hydrogen-bond acceptors (Lipinski definition) is 5. The number of hydrogen-bond donors (Lipinski definition) is 2. The van der Waals surface area contributed by atoms with E-state index in [0.29, 0.717) is 5.75 Å². The minimum absolute atomic E-state index is 0.0916. The number of benzene rings is 1. The Morgan fingerprint density at radius 3 is 2.61 bits per heavy atom. The van der Waals surface area contributed by atoms with Gasteiger partial charge in [0.2, 0.25) is 5.91 Å². The molecule has 0 aliphatic carbocycles. The normalized spacial score (nSPS) is 11.7. The highest BCUT2D eigenvalue weighted by Crippen LogP contribution is 2.24. The van der Waals surface area contributed by atoms with Crippen molar-refractivity contribution >= 4 is 17.6 Å². The minimum atomic E-state index is -0.641. The van der Waals surface area contributed by atoms with Crippen molar-refractivity contribution in [3.8, 4) is 5.75 Å². The van der Waals surface area contributed by atoms with Crippen LogP contribution in [0.4, 0.5) is 5.69 Å². The Hall–Kier alpha value is -2.24. The van der Waals surface area contributed by atoms with Gasteiger partial charge in [-0.2, -0.15) is 0 Å². The van der Waals surface area contributed by atoms with Gasteiger partial charge >= 0.3 is 5.97 Å². The van der Waals surface area contributed by atoms with Crippen LogP contribution in [0, 0.1) is 5.92 Å². The molecule has 0 bridgehead atoms. The summed E-state index contributed by atoms with van der Waals surface area (Å²) in [6.07, 6.45) is 0. The fraction of sp³-hybridized carbons (Fsp3) is 0.333. The second-order valence-electron chi connectivity index (χ2n) is 3.83. The monoisotopic (exact) mass is 252 g/mol. The van der Waals surface area contributed by atoms with E-state index < -0.39 is 17.8 Å². The molecule has 0 aliphatic heterocycles. The Kier molecular flexibility index (Phi) is 4.53. The van der Waals surface area contributed by atoms with E-state index in [0.717, 1.165) is 0 Å². The number of carbonyl (C=O) groups excluding carboxylic acids is 2. The van der Waals surface area contributed by atoms with Crippen LogP contribution in [0.2, 0.25) is 0 Å². The zero-order valence-corrected chi connectivity index (χ0v) is 10.3. The molecule has 18 heavy (non-hydrogen) atoms. The van der Waals surface area contributed by atoms with Crippen LogP contribution in [-0.4, -0.2) is 25.6 Å². The van der Waals surface area contributed by atoms with Gasteiger partial charge in [-0.05, 0) is 12.1 Å². The molecule has 0 saturated heterocycles. The molecule has 4 N–H and O–H groups in total. The number of rotatable bonds is 5. The first-order chi connectivity index (χ1) is 8.47. The molecule has 1 amide bonds. The summed E-state index contributed by atoms with van der Waals surface area (Å²) in [4.78, 5) is 22.7. The molecule has 0 saturated carbocycles. The van der Waals surface area contributed by atoms with Crippen LogP contribution < -0.4 is 16.2 Å². The lowest BCUT2D eigenvalue weighted by Gasteiger charge is -2.12. The standard InChI is InChI=1S/C12H16N2O4/c1-7(11(14)15)6-18-12(16)10-8(13)4-3-5-9(10)17-2/h3-5,7H,6,13H2,1-2H3,(H2,14,15). The molecule has 1 unspecified atom stereocenters. The van der Waals surface area contributed by atoms with E-state index in [1.807, 2.05) is 0 Å². The second kappa shape index (κ2) is 5.90. The molecule has 0 radical (unpaired) electrons. The van der Waals surface area contributed by atoms with Crippen molar-refractivity contribution in [1.29, 1.82) is 0 Å². The molecule has 6 nitrogen and oxygen atoms in total. The predicted molar refractivity (Wildman–Crippen MR) is 66.0 cm³/mol. The highest BCUT2D eigenvalue weighted by Gasteiger charge is 2.19. The summed E-state index contributed by atoms with van der Waals surface area (Å²) < 4.78 is 10.0. The summed E-state index contributed by atoms with van der Waals surface area (Å²) in [5.74, 6) is -1.40. The van der Waals surface area contributed by atoms with Crippen molar-refractivity contribution < 1.29 is 19.1 Å². The Bertz CT molecular complexity index is 459. The third-order valence-corrected chi connectivity index (χ3v) is 2.43. The Morgan fingerprint density at radius 2 is 2.06 bits per heavy atom. The number of nitrogens with two attached hydrogens (primary N) is 2. The van der Waals surface area contributed by atoms with Gasteiger partial charge in [0, 0.05) is 5.69 Å². The molecule has 0 aromatic heterocycles. The molecule has 0 heterocycles. The second-order valence-corrected chi connectivity index (χ2v) is 3.83. The fourth-order valence-corrected chi connectivity index (χ4v) is 1.29. The topological polar surface area (TPSA) is 105 Å². The van der Waals surface area contributed by atoms with E-state index in [-0.39, 0.29) is 17.9 Å². The van der Waals surface area contributed by atoms with Gasteiger partial charge in [-0.3, -0.25) is 4.79 Å². The first-order valence-electron chi connectivity index (χ1n) is 5.36. The molecule has 1 aromatic carbocycles. The molecule has 0 fully saturated rings. The van der Waals surface area contributed by atoms with Crippen molar-refractivity contribution in [2.24, 2.45) is 11.7 Å². The zero-order chi connectivity index (χ0) is 13.7. The third-order valence-electron chi connectivity index (χ3n) is 2.43. The van der Waals surface area contributed by atoms with E-state index in [1.54, 1.807) is 25.1 Å². The number of nitrogen functional groups attached to an aromatic ring is 1. The van der Waals surface area contributed by atoms with Crippen LogP contribution in [0.15, 0.2) is 18.2 Å². The SMILES string of the molecule is COc1cccc(N)c1C(=O)OCC(C)C(N)=O. The van der Waals surface area contributed by atoms with E-state index in [1.165, 1.54) is 7.11 Å². The molecular formula is C12H16N2O4. The van der Waals surface area contributed by atoms with Gasteiger partial charge in [0.25, 0.3) is 0 Å². The van der Waals surface area contributed by atoms with Crippen molar-refractivity contribution in [3.63, 3.8) is 0 Å². The van der Waals surface area contributed by atoms with Crippen LogP contribution in [0.1, 0.15) is 17.3 Å². The van der Waals surface area contributed by atoms with E-state index in [4.69, 9.17) is 20.9 Å². The Balaban J connectivity index is 2.81. The van der Waals surface area contributed by atoms with Crippen LogP contribution in [0.25, 0.3) is 0 Å². The number of carbonyl (C=O) groups is 2. The maximum atomic E-state index is 11.8. The van der Waals surface area contributed by atoms with Crippen molar-refractivity contribution in [2.75, 3.05) is 19.5 Å². The molecular weight excluding hydrogens is 236 g/mol. The summed E-state index contributed by atoms with van der Waals surface area (Å²) in [6, 6.07) is 4.83. The molecule has 1 atom stereocenters. The number of methoxy groups -OCH3 is 1. The molecule has 1 rings (SSSR count). The first kappa shape index (κ1) is 13.8. The van der Waals surface area contributed by atoms with E-state index >= 15 is 0 Å². The minimum Gasteiger partial charge on any atom is -0.496 e. The number of primary amides is 1. The van der Waals surface area contributed by atoms with Gasteiger partial charge in [-0.15, -0.1) is 0 Å². The van der Waals surface area contributed by atoms with E-state index in [2.05, 4.69) is 0 Å². The van der Waals surface area contributed by atoms with Crippen LogP contribution in [0.3, 0.4) is 0 Å². The van der Waals surface area contributed by atoms with E-state index in [9.17, 15) is 9.59 Å². The predicted octanol–water partition coefficient (Wildman–Crippen LogP) is 0.556. The molecule has 98 valence electrons. The maximum Gasteiger partial charge on any atom is 0.344 e. The first-order valence-corrected chi connectivity index (χ1v) is 5.36. The van der Waals surface area contributed by atoms with Gasteiger partial charge in [0.05, 0.1) is 13.0 Å². The smallest absolute Gasteiger partial charge is 0.344 e. The van der Waals surface area contributed by atoms with Gasteiger partial charge in [0.1, 0.15) is 17.9 Å². The Labute approximate surface area is 105 Å². The van der Waals surface area contributed by atoms with Crippen molar-refractivity contribution in [1.82, 2.24) is 0 Å². The Morgan fingerprint density at radius 1 is 1.39 bits per heavy atom. The number of anilines is 1. The molecule has 0 aliphatic rings. The van der Waals surface area contributed by atoms with Gasteiger partial charge in [-0.25, -0.2) is 4.79 Å². The van der Waals surface area contributed by atoms with Crippen molar-refractivity contribution in [2.45, 2.75) is 6.92 Å². The zero-order valence-electron chi connectivity index (χ0n) is 10.3. The van der Waals surface area contributed by atoms with Crippen LogP contribution in [0.5, 0.6) is 5.75 Å². The lowest BCUT2D eigenvalue weighted by Crippen LogP contribution is -2.26. The van der Waals surface area contributed by atoms with Crippen LogP contribution >= 0.6 is 0 Å². The summed E-state index contributed by atoms with van der Waals surface area (Å²) >= 11 is 0. The highest BCUT2D eigenvalue weighted by molar-refractivity contribution is 5.98. The quantitative estimate of drug-likeness (QED) is 0.588.